The van der Waals surface area contributed by atoms with Crippen LogP contribution in [0.3, 0.4) is 0 Å². The van der Waals surface area contributed by atoms with Gasteiger partial charge in [0.1, 0.15) is 12.2 Å². The summed E-state index contributed by atoms with van der Waals surface area (Å²) >= 11 is 0. The van der Waals surface area contributed by atoms with Crippen molar-refractivity contribution in [2.75, 3.05) is 0 Å². The fourth-order valence-electron chi connectivity index (χ4n) is 0.873. The highest BCUT2D eigenvalue weighted by molar-refractivity contribution is 5.83. The number of Topliss-reactive ketones (excluding diaryl/α,β-unsaturated/α-hetero) is 1. The Kier molecular flexibility index (Phi) is 3.00. The zero-order chi connectivity index (χ0) is 10.8. The van der Waals surface area contributed by atoms with E-state index in [1.807, 2.05) is 20.8 Å². The van der Waals surface area contributed by atoms with Crippen LogP contribution in [0.15, 0.2) is 6.20 Å². The Labute approximate surface area is 82.7 Å². The summed E-state index contributed by atoms with van der Waals surface area (Å²) < 4.78 is 1.44. The first-order chi connectivity index (χ1) is 6.43. The van der Waals surface area contributed by atoms with E-state index in [4.69, 9.17) is 5.11 Å². The maximum absolute atomic E-state index is 11.6. The molecule has 0 saturated heterocycles. The third kappa shape index (κ3) is 2.63. The van der Waals surface area contributed by atoms with Gasteiger partial charge in [-0.1, -0.05) is 26.0 Å². The van der Waals surface area contributed by atoms with Gasteiger partial charge in [0, 0.05) is 5.41 Å². The van der Waals surface area contributed by atoms with Gasteiger partial charge in [0.2, 0.25) is 0 Å². The minimum Gasteiger partial charge on any atom is -0.390 e. The molecule has 1 aromatic heterocycles. The first-order valence-electron chi connectivity index (χ1n) is 4.46. The molecule has 0 aromatic carbocycles. The van der Waals surface area contributed by atoms with Gasteiger partial charge in [-0.05, 0) is 0 Å². The van der Waals surface area contributed by atoms with Crippen LogP contribution in [0.1, 0.15) is 26.5 Å². The molecular formula is C9H15N3O2. The Hall–Kier alpha value is -1.23. The van der Waals surface area contributed by atoms with E-state index < -0.39 is 0 Å². The lowest BCUT2D eigenvalue weighted by atomic mass is 9.91. The van der Waals surface area contributed by atoms with E-state index >= 15 is 0 Å². The number of aliphatic hydroxyl groups excluding tert-OH is 1. The van der Waals surface area contributed by atoms with Crippen LogP contribution in [-0.4, -0.2) is 25.9 Å². The fourth-order valence-corrected chi connectivity index (χ4v) is 0.873. The number of hydrogen-bond acceptors (Lipinski definition) is 4. The minimum atomic E-state index is -0.370. The standard InChI is InChI=1S/C9H15N3O2/c1-9(2,3)8(14)5-12-4-7(6-13)10-11-12/h4,13H,5-6H2,1-3H3. The zero-order valence-corrected chi connectivity index (χ0v) is 8.69. The van der Waals surface area contributed by atoms with Crippen molar-refractivity contribution < 1.29 is 9.90 Å². The van der Waals surface area contributed by atoms with Crippen LogP contribution in [0.25, 0.3) is 0 Å². The second-order valence-electron chi connectivity index (χ2n) is 4.24. The molecule has 1 N–H and O–H groups in total. The van der Waals surface area contributed by atoms with Gasteiger partial charge >= 0.3 is 0 Å². The van der Waals surface area contributed by atoms with Crippen molar-refractivity contribution in [3.8, 4) is 0 Å². The predicted octanol–water partition coefficient (Wildman–Crippen LogP) is 0.386. The summed E-state index contributed by atoms with van der Waals surface area (Å²) in [5, 5.41) is 16.2. The van der Waals surface area contributed by atoms with Crippen LogP contribution in [0.2, 0.25) is 0 Å². The molecule has 0 fully saturated rings. The molecule has 0 atom stereocenters. The molecule has 0 spiro atoms. The van der Waals surface area contributed by atoms with Crippen molar-refractivity contribution in [1.82, 2.24) is 15.0 Å². The molecule has 0 amide bonds. The Morgan fingerprint density at radius 2 is 2.21 bits per heavy atom. The lowest BCUT2D eigenvalue weighted by Gasteiger charge is -2.15. The molecular weight excluding hydrogens is 182 g/mol. The molecule has 1 heterocycles. The lowest BCUT2D eigenvalue weighted by Crippen LogP contribution is -2.25. The summed E-state index contributed by atoms with van der Waals surface area (Å²) in [6.45, 7) is 5.64. The number of nitrogens with zero attached hydrogens (tertiary/aromatic N) is 3. The number of hydrogen-bond donors (Lipinski definition) is 1. The maximum Gasteiger partial charge on any atom is 0.159 e. The third-order valence-corrected chi connectivity index (χ3v) is 1.89. The molecule has 0 unspecified atom stereocenters. The number of carbonyl (C=O) groups excluding carboxylic acids is 1. The number of ketones is 1. The molecule has 14 heavy (non-hydrogen) atoms. The maximum atomic E-state index is 11.6. The molecule has 1 aromatic rings. The van der Waals surface area contributed by atoms with Gasteiger partial charge in [-0.25, -0.2) is 4.68 Å². The Morgan fingerprint density at radius 3 is 2.64 bits per heavy atom. The number of carbonyl (C=O) groups is 1. The van der Waals surface area contributed by atoms with Gasteiger partial charge in [0.15, 0.2) is 5.78 Å². The van der Waals surface area contributed by atoms with Crippen molar-refractivity contribution in [1.29, 1.82) is 0 Å². The average molecular weight is 197 g/mol. The van der Waals surface area contributed by atoms with E-state index in [9.17, 15) is 4.79 Å². The van der Waals surface area contributed by atoms with Crippen molar-refractivity contribution in [2.45, 2.75) is 33.9 Å². The number of aromatic nitrogens is 3. The Balaban J connectivity index is 2.65. The Morgan fingerprint density at radius 1 is 1.57 bits per heavy atom. The highest BCUT2D eigenvalue weighted by Gasteiger charge is 2.21. The molecule has 5 heteroatoms. The molecule has 1 rings (SSSR count). The van der Waals surface area contributed by atoms with Crippen LogP contribution in [0.5, 0.6) is 0 Å². The van der Waals surface area contributed by atoms with E-state index in [2.05, 4.69) is 10.3 Å². The van der Waals surface area contributed by atoms with Crippen molar-refractivity contribution in [3.63, 3.8) is 0 Å². The molecule has 0 aliphatic heterocycles. The largest absolute Gasteiger partial charge is 0.390 e. The summed E-state index contributed by atoms with van der Waals surface area (Å²) in [6.07, 6.45) is 1.57. The van der Waals surface area contributed by atoms with E-state index in [-0.39, 0.29) is 24.3 Å². The van der Waals surface area contributed by atoms with Crippen LogP contribution in [0, 0.1) is 5.41 Å². The van der Waals surface area contributed by atoms with Gasteiger partial charge in [0.05, 0.1) is 12.8 Å². The first-order valence-corrected chi connectivity index (χ1v) is 4.46. The third-order valence-electron chi connectivity index (χ3n) is 1.89. The molecule has 0 saturated carbocycles. The average Bonchev–Trinajstić information content (AvgIpc) is 2.50. The molecule has 5 nitrogen and oxygen atoms in total. The quantitative estimate of drug-likeness (QED) is 0.761. The van der Waals surface area contributed by atoms with Gasteiger partial charge in [-0.15, -0.1) is 5.10 Å². The van der Waals surface area contributed by atoms with Crippen LogP contribution < -0.4 is 0 Å². The predicted molar refractivity (Wildman–Crippen MR) is 50.4 cm³/mol. The summed E-state index contributed by atoms with van der Waals surface area (Å²) in [6, 6.07) is 0. The van der Waals surface area contributed by atoms with Crippen molar-refractivity contribution in [3.05, 3.63) is 11.9 Å². The van der Waals surface area contributed by atoms with Crippen LogP contribution >= 0.6 is 0 Å². The lowest BCUT2D eigenvalue weighted by molar-refractivity contribution is -0.127. The van der Waals surface area contributed by atoms with Crippen molar-refractivity contribution in [2.24, 2.45) is 5.41 Å². The van der Waals surface area contributed by atoms with E-state index in [0.717, 1.165) is 0 Å². The second-order valence-corrected chi connectivity index (χ2v) is 4.24. The van der Waals surface area contributed by atoms with Gasteiger partial charge in [0.25, 0.3) is 0 Å². The summed E-state index contributed by atoms with van der Waals surface area (Å²) in [5.74, 6) is 0.0897. The smallest absolute Gasteiger partial charge is 0.159 e. The number of rotatable bonds is 3. The van der Waals surface area contributed by atoms with E-state index in [0.29, 0.717) is 5.69 Å². The monoisotopic (exact) mass is 197 g/mol. The molecule has 0 radical (unpaired) electrons. The SMILES string of the molecule is CC(C)(C)C(=O)Cn1cc(CO)nn1. The topological polar surface area (TPSA) is 68.0 Å². The Bertz CT molecular complexity index is 325. The van der Waals surface area contributed by atoms with E-state index in [1.165, 1.54) is 4.68 Å². The molecule has 0 aliphatic carbocycles. The van der Waals surface area contributed by atoms with Crippen LogP contribution in [0.4, 0.5) is 0 Å². The fraction of sp³-hybridized carbons (Fsp3) is 0.667. The van der Waals surface area contributed by atoms with E-state index in [1.54, 1.807) is 6.20 Å². The molecule has 0 bridgehead atoms. The second kappa shape index (κ2) is 3.88. The van der Waals surface area contributed by atoms with Crippen molar-refractivity contribution >= 4 is 5.78 Å². The minimum absolute atomic E-state index is 0.0897. The van der Waals surface area contributed by atoms with Gasteiger partial charge in [-0.3, -0.25) is 4.79 Å². The highest BCUT2D eigenvalue weighted by atomic mass is 16.3. The zero-order valence-electron chi connectivity index (χ0n) is 8.69. The van der Waals surface area contributed by atoms with Gasteiger partial charge in [-0.2, -0.15) is 0 Å². The molecule has 0 aliphatic rings. The highest BCUT2D eigenvalue weighted by Crippen LogP contribution is 2.15. The summed E-state index contributed by atoms with van der Waals surface area (Å²) in [4.78, 5) is 11.6. The first kappa shape index (κ1) is 10.8. The summed E-state index contributed by atoms with van der Waals surface area (Å²) in [5.41, 5.74) is 0.109. The van der Waals surface area contributed by atoms with Gasteiger partial charge < -0.3 is 5.11 Å². The number of aliphatic hydroxyl groups is 1. The van der Waals surface area contributed by atoms with Crippen LogP contribution in [-0.2, 0) is 17.9 Å². The normalized spacial score (nSPS) is 11.7. The molecule has 78 valence electrons. The summed E-state index contributed by atoms with van der Waals surface area (Å²) in [7, 11) is 0.